The average Bonchev–Trinajstić information content (AvgIpc) is 2.87. The SMILES string of the molecule is Cc1nsc(NCC(N)C2CC2)n1. The van der Waals surface area contributed by atoms with Gasteiger partial charge in [0.1, 0.15) is 5.82 Å². The molecule has 0 bridgehead atoms. The summed E-state index contributed by atoms with van der Waals surface area (Å²) in [6, 6.07) is 0.282. The Kier molecular flexibility index (Phi) is 2.46. The van der Waals surface area contributed by atoms with E-state index in [1.54, 1.807) is 0 Å². The zero-order chi connectivity index (χ0) is 9.26. The zero-order valence-electron chi connectivity index (χ0n) is 7.66. The van der Waals surface area contributed by atoms with Crippen molar-refractivity contribution >= 4 is 16.7 Å². The largest absolute Gasteiger partial charge is 0.359 e. The molecule has 2 rings (SSSR count). The molecule has 1 aliphatic rings. The van der Waals surface area contributed by atoms with Crippen LogP contribution in [0.5, 0.6) is 0 Å². The van der Waals surface area contributed by atoms with Gasteiger partial charge in [-0.1, -0.05) is 0 Å². The highest BCUT2D eigenvalue weighted by Gasteiger charge is 2.28. The fraction of sp³-hybridized carbons (Fsp3) is 0.750. The Morgan fingerprint density at radius 1 is 1.69 bits per heavy atom. The van der Waals surface area contributed by atoms with E-state index in [4.69, 9.17) is 5.73 Å². The van der Waals surface area contributed by atoms with Gasteiger partial charge in [-0.25, -0.2) is 4.98 Å². The summed E-state index contributed by atoms with van der Waals surface area (Å²) in [6.45, 7) is 2.71. The van der Waals surface area contributed by atoms with Crippen LogP contribution < -0.4 is 11.1 Å². The molecule has 1 atom stereocenters. The summed E-state index contributed by atoms with van der Waals surface area (Å²) in [6.07, 6.45) is 2.58. The fourth-order valence-corrected chi connectivity index (χ4v) is 1.85. The van der Waals surface area contributed by atoms with Gasteiger partial charge in [-0.2, -0.15) is 4.37 Å². The van der Waals surface area contributed by atoms with E-state index in [1.165, 1.54) is 24.4 Å². The van der Waals surface area contributed by atoms with Crippen LogP contribution in [0.15, 0.2) is 0 Å². The molecule has 0 amide bonds. The Bertz CT molecular complexity index is 281. The average molecular weight is 198 g/mol. The molecule has 4 nitrogen and oxygen atoms in total. The third-order valence-corrected chi connectivity index (χ3v) is 3.01. The second-order valence-corrected chi connectivity index (χ2v) is 4.28. The molecule has 1 heterocycles. The fourth-order valence-electron chi connectivity index (χ4n) is 1.27. The van der Waals surface area contributed by atoms with Crippen LogP contribution >= 0.6 is 11.5 Å². The zero-order valence-corrected chi connectivity index (χ0v) is 8.47. The molecule has 1 saturated carbocycles. The molecule has 3 N–H and O–H groups in total. The van der Waals surface area contributed by atoms with Crippen molar-refractivity contribution in [2.45, 2.75) is 25.8 Å². The minimum Gasteiger partial charge on any atom is -0.359 e. The molecule has 72 valence electrons. The number of rotatable bonds is 4. The quantitative estimate of drug-likeness (QED) is 0.757. The van der Waals surface area contributed by atoms with Gasteiger partial charge in [0.05, 0.1) is 0 Å². The van der Waals surface area contributed by atoms with Crippen LogP contribution in [0.3, 0.4) is 0 Å². The minimum atomic E-state index is 0.282. The molecule has 0 spiro atoms. The third-order valence-electron chi connectivity index (χ3n) is 2.24. The molecule has 13 heavy (non-hydrogen) atoms. The lowest BCUT2D eigenvalue weighted by molar-refractivity contribution is 0.620. The normalized spacial score (nSPS) is 18.6. The smallest absolute Gasteiger partial charge is 0.202 e. The van der Waals surface area contributed by atoms with E-state index < -0.39 is 0 Å². The molecule has 1 aromatic rings. The van der Waals surface area contributed by atoms with E-state index in [9.17, 15) is 0 Å². The molecule has 0 aliphatic heterocycles. The highest BCUT2D eigenvalue weighted by molar-refractivity contribution is 7.09. The number of nitrogens with two attached hydrogens (primary N) is 1. The number of nitrogens with one attached hydrogen (secondary N) is 1. The summed E-state index contributed by atoms with van der Waals surface area (Å²) in [5.74, 6) is 1.56. The second-order valence-electron chi connectivity index (χ2n) is 3.53. The minimum absolute atomic E-state index is 0.282. The molecule has 1 aromatic heterocycles. The van der Waals surface area contributed by atoms with Crippen LogP contribution in [0.1, 0.15) is 18.7 Å². The van der Waals surface area contributed by atoms with Gasteiger partial charge in [0.25, 0.3) is 0 Å². The van der Waals surface area contributed by atoms with Crippen molar-refractivity contribution in [3.8, 4) is 0 Å². The standard InChI is InChI=1S/C8H14N4S/c1-5-11-8(13-12-5)10-4-7(9)6-2-3-6/h6-7H,2-4,9H2,1H3,(H,10,11,12). The molecule has 1 fully saturated rings. The number of aromatic nitrogens is 2. The summed E-state index contributed by atoms with van der Waals surface area (Å²) in [4.78, 5) is 4.20. The Balaban J connectivity index is 1.78. The number of anilines is 1. The van der Waals surface area contributed by atoms with Crippen LogP contribution in [-0.2, 0) is 0 Å². The highest BCUT2D eigenvalue weighted by atomic mass is 32.1. The van der Waals surface area contributed by atoms with E-state index >= 15 is 0 Å². The maximum atomic E-state index is 5.93. The van der Waals surface area contributed by atoms with Crippen molar-refractivity contribution in [3.63, 3.8) is 0 Å². The van der Waals surface area contributed by atoms with E-state index in [1.807, 2.05) is 6.92 Å². The lowest BCUT2D eigenvalue weighted by atomic mass is 10.2. The molecular formula is C8H14N4S. The van der Waals surface area contributed by atoms with Gasteiger partial charge >= 0.3 is 0 Å². The molecule has 1 unspecified atom stereocenters. The van der Waals surface area contributed by atoms with Gasteiger partial charge in [0.2, 0.25) is 5.13 Å². The molecular weight excluding hydrogens is 184 g/mol. The summed E-state index contributed by atoms with van der Waals surface area (Å²) in [5, 5.41) is 4.09. The molecule has 0 radical (unpaired) electrons. The summed E-state index contributed by atoms with van der Waals surface area (Å²) < 4.78 is 4.08. The lowest BCUT2D eigenvalue weighted by Gasteiger charge is -2.09. The first kappa shape index (κ1) is 8.90. The molecule has 1 aliphatic carbocycles. The third kappa shape index (κ3) is 2.38. The Labute approximate surface area is 81.7 Å². The monoisotopic (exact) mass is 198 g/mol. The van der Waals surface area contributed by atoms with Crippen molar-refractivity contribution in [1.29, 1.82) is 0 Å². The lowest BCUT2D eigenvalue weighted by Crippen LogP contribution is -2.30. The summed E-state index contributed by atoms with van der Waals surface area (Å²) >= 11 is 1.40. The first-order chi connectivity index (χ1) is 6.25. The van der Waals surface area contributed by atoms with Crippen molar-refractivity contribution in [1.82, 2.24) is 9.36 Å². The second kappa shape index (κ2) is 3.59. The first-order valence-electron chi connectivity index (χ1n) is 4.55. The molecule has 5 heteroatoms. The van der Waals surface area contributed by atoms with Crippen LogP contribution in [0, 0.1) is 12.8 Å². The van der Waals surface area contributed by atoms with Crippen LogP contribution in [0.25, 0.3) is 0 Å². The predicted octanol–water partition coefficient (Wildman–Crippen LogP) is 0.996. The van der Waals surface area contributed by atoms with Crippen molar-refractivity contribution < 1.29 is 0 Å². The van der Waals surface area contributed by atoms with Crippen molar-refractivity contribution in [2.24, 2.45) is 11.7 Å². The van der Waals surface area contributed by atoms with Gasteiger partial charge in [-0.3, -0.25) is 0 Å². The Morgan fingerprint density at radius 2 is 2.46 bits per heavy atom. The van der Waals surface area contributed by atoms with E-state index in [0.717, 1.165) is 23.4 Å². The van der Waals surface area contributed by atoms with Gasteiger partial charge in [0, 0.05) is 24.1 Å². The van der Waals surface area contributed by atoms with Crippen molar-refractivity contribution in [2.75, 3.05) is 11.9 Å². The highest BCUT2D eigenvalue weighted by Crippen LogP contribution is 2.31. The van der Waals surface area contributed by atoms with Crippen molar-refractivity contribution in [3.05, 3.63) is 5.82 Å². The van der Waals surface area contributed by atoms with E-state index in [0.29, 0.717) is 0 Å². The Hall–Kier alpha value is -0.680. The maximum absolute atomic E-state index is 5.93. The predicted molar refractivity (Wildman–Crippen MR) is 53.8 cm³/mol. The van der Waals surface area contributed by atoms with Crippen LogP contribution in [0.2, 0.25) is 0 Å². The van der Waals surface area contributed by atoms with E-state index in [2.05, 4.69) is 14.7 Å². The van der Waals surface area contributed by atoms with Gasteiger partial charge in [-0.05, 0) is 25.7 Å². The maximum Gasteiger partial charge on any atom is 0.202 e. The first-order valence-corrected chi connectivity index (χ1v) is 5.33. The summed E-state index contributed by atoms with van der Waals surface area (Å²) in [7, 11) is 0. The molecule has 0 saturated heterocycles. The number of hydrogen-bond donors (Lipinski definition) is 2. The van der Waals surface area contributed by atoms with Crippen LogP contribution in [0.4, 0.5) is 5.13 Å². The Morgan fingerprint density at radius 3 is 3.00 bits per heavy atom. The van der Waals surface area contributed by atoms with Crippen LogP contribution in [-0.4, -0.2) is 21.9 Å². The van der Waals surface area contributed by atoms with Gasteiger partial charge < -0.3 is 11.1 Å². The molecule has 0 aromatic carbocycles. The van der Waals surface area contributed by atoms with E-state index in [-0.39, 0.29) is 6.04 Å². The topological polar surface area (TPSA) is 63.8 Å². The number of aryl methyl sites for hydroxylation is 1. The number of hydrogen-bond acceptors (Lipinski definition) is 5. The summed E-state index contributed by atoms with van der Waals surface area (Å²) in [5.41, 5.74) is 5.93. The van der Waals surface area contributed by atoms with Gasteiger partial charge in [0.15, 0.2) is 0 Å². The van der Waals surface area contributed by atoms with Gasteiger partial charge in [-0.15, -0.1) is 0 Å². The number of nitrogens with zero attached hydrogens (tertiary/aromatic N) is 2.